The van der Waals surface area contributed by atoms with E-state index in [0.29, 0.717) is 11.3 Å². The fraction of sp³-hybridized carbons (Fsp3) is 0.105. The number of hydrogen-bond acceptors (Lipinski definition) is 4. The maximum absolute atomic E-state index is 12.8. The molecule has 0 amide bonds. The normalized spacial score (nSPS) is 13.6. The number of allylic oxidation sites excluding steroid dienone is 5. The van der Waals surface area contributed by atoms with Crippen LogP contribution < -0.4 is 10.2 Å². The van der Waals surface area contributed by atoms with Crippen molar-refractivity contribution < 1.29 is 17.9 Å². The second-order valence-electron chi connectivity index (χ2n) is 4.77. The smallest absolute Gasteiger partial charge is 0.450 e. The molecule has 1 aromatic carbocycles. The minimum Gasteiger partial charge on any atom is -0.465 e. The van der Waals surface area contributed by atoms with Gasteiger partial charge in [-0.25, -0.2) is 4.99 Å². The van der Waals surface area contributed by atoms with Gasteiger partial charge in [0.1, 0.15) is 5.75 Å². The van der Waals surface area contributed by atoms with Crippen LogP contribution in [-0.4, -0.2) is 24.4 Å². The van der Waals surface area contributed by atoms with Gasteiger partial charge in [-0.1, -0.05) is 36.4 Å². The highest BCUT2D eigenvalue weighted by Gasteiger charge is 2.35. The fourth-order valence-corrected chi connectivity index (χ4v) is 1.56. The molecule has 1 rings (SSSR count). The zero-order chi connectivity index (χ0) is 20.0. The molecule has 27 heavy (non-hydrogen) atoms. The van der Waals surface area contributed by atoms with E-state index < -0.39 is 12.0 Å². The lowest BCUT2D eigenvalue weighted by atomic mass is 10.2. The van der Waals surface area contributed by atoms with Crippen molar-refractivity contribution in [3.05, 3.63) is 72.7 Å². The SMILES string of the molecule is C\C=C/C=C\C=C\Oc1ccc(/C=C/N=C(N/N=C/C=N)C(F)(F)F)cc1. The van der Waals surface area contributed by atoms with E-state index >= 15 is 0 Å². The highest BCUT2D eigenvalue weighted by molar-refractivity contribution is 6.14. The van der Waals surface area contributed by atoms with Crippen molar-refractivity contribution in [2.24, 2.45) is 10.1 Å². The molecule has 142 valence electrons. The van der Waals surface area contributed by atoms with Crippen molar-refractivity contribution >= 4 is 24.3 Å². The molecule has 0 unspecified atom stereocenters. The van der Waals surface area contributed by atoms with Crippen LogP contribution in [0, 0.1) is 5.41 Å². The number of hydrazone groups is 1. The summed E-state index contributed by atoms with van der Waals surface area (Å²) in [5, 5.41) is 9.89. The monoisotopic (exact) mass is 376 g/mol. The molecular formula is C19H19F3N4O. The molecule has 0 saturated carbocycles. The Bertz CT molecular complexity index is 758. The van der Waals surface area contributed by atoms with Crippen LogP contribution in [0.3, 0.4) is 0 Å². The number of halogens is 3. The van der Waals surface area contributed by atoms with E-state index in [1.807, 2.05) is 31.2 Å². The maximum Gasteiger partial charge on any atom is 0.450 e. The minimum absolute atomic E-state index is 0.588. The van der Waals surface area contributed by atoms with Gasteiger partial charge in [0.05, 0.1) is 12.5 Å². The van der Waals surface area contributed by atoms with E-state index in [9.17, 15) is 13.2 Å². The molecule has 0 aliphatic carbocycles. The average Bonchev–Trinajstić information content (AvgIpc) is 2.63. The molecule has 0 fully saturated rings. The Morgan fingerprint density at radius 2 is 1.81 bits per heavy atom. The van der Waals surface area contributed by atoms with Crippen LogP contribution in [0.25, 0.3) is 6.08 Å². The van der Waals surface area contributed by atoms with E-state index in [-0.39, 0.29) is 0 Å². The van der Waals surface area contributed by atoms with E-state index in [2.05, 4.69) is 10.1 Å². The third kappa shape index (κ3) is 9.59. The number of hydrogen-bond donors (Lipinski definition) is 2. The molecule has 5 nitrogen and oxygen atoms in total. The summed E-state index contributed by atoms with van der Waals surface area (Å²) in [6.07, 6.45) is 10.1. The molecule has 0 radical (unpaired) electrons. The molecule has 0 bridgehead atoms. The Morgan fingerprint density at radius 1 is 1.11 bits per heavy atom. The fourth-order valence-electron chi connectivity index (χ4n) is 1.56. The zero-order valence-electron chi connectivity index (χ0n) is 14.5. The van der Waals surface area contributed by atoms with Gasteiger partial charge in [0.25, 0.3) is 0 Å². The predicted molar refractivity (Wildman–Crippen MR) is 103 cm³/mol. The molecule has 2 N–H and O–H groups in total. The summed E-state index contributed by atoms with van der Waals surface area (Å²) in [5.41, 5.74) is 2.40. The second kappa shape index (κ2) is 12.0. The lowest BCUT2D eigenvalue weighted by Crippen LogP contribution is -2.33. The summed E-state index contributed by atoms with van der Waals surface area (Å²) < 4.78 is 43.6. The zero-order valence-corrected chi connectivity index (χ0v) is 14.5. The van der Waals surface area contributed by atoms with Crippen LogP contribution >= 0.6 is 0 Å². The second-order valence-corrected chi connectivity index (χ2v) is 4.77. The number of alkyl halides is 3. The molecule has 0 atom stereocenters. The van der Waals surface area contributed by atoms with Gasteiger partial charge in [0, 0.05) is 12.4 Å². The van der Waals surface area contributed by atoms with E-state index in [0.717, 1.165) is 18.6 Å². The highest BCUT2D eigenvalue weighted by Crippen LogP contribution is 2.17. The average molecular weight is 376 g/mol. The first kappa shape index (κ1) is 21.6. The largest absolute Gasteiger partial charge is 0.465 e. The Hall–Kier alpha value is -3.42. The Morgan fingerprint density at radius 3 is 2.44 bits per heavy atom. The van der Waals surface area contributed by atoms with Crippen LogP contribution in [0.2, 0.25) is 0 Å². The number of nitrogens with one attached hydrogen (secondary N) is 2. The van der Waals surface area contributed by atoms with Gasteiger partial charge in [0.15, 0.2) is 0 Å². The van der Waals surface area contributed by atoms with E-state index in [4.69, 9.17) is 10.1 Å². The Kier molecular flexibility index (Phi) is 9.62. The first-order valence-electron chi connectivity index (χ1n) is 7.78. The number of benzene rings is 1. The van der Waals surface area contributed by atoms with Gasteiger partial charge in [-0.15, -0.1) is 0 Å². The third-order valence-corrected chi connectivity index (χ3v) is 2.75. The van der Waals surface area contributed by atoms with Crippen molar-refractivity contribution in [2.75, 3.05) is 0 Å². The van der Waals surface area contributed by atoms with Crippen molar-refractivity contribution in [1.29, 1.82) is 5.41 Å². The molecule has 0 saturated heterocycles. The van der Waals surface area contributed by atoms with Crippen LogP contribution in [0.5, 0.6) is 5.75 Å². The van der Waals surface area contributed by atoms with Crippen LogP contribution in [-0.2, 0) is 0 Å². The van der Waals surface area contributed by atoms with Gasteiger partial charge < -0.3 is 10.1 Å². The highest BCUT2D eigenvalue weighted by atomic mass is 19.4. The standard InChI is InChI=1S/C19H19F3N4O/c1-2-3-4-5-6-15-27-17-9-7-16(8-10-17)11-13-24-18(19(20,21)22)26-25-14-12-23/h2-15,23H,1H3,(H,24,26)/b3-2-,5-4-,13-11+,15-6+,23-12?,25-14+. The summed E-state index contributed by atoms with van der Waals surface area (Å²) in [6.45, 7) is 1.92. The first-order valence-corrected chi connectivity index (χ1v) is 7.78. The minimum atomic E-state index is -4.69. The Labute approximate surface area is 155 Å². The summed E-state index contributed by atoms with van der Waals surface area (Å²) in [6, 6.07) is 6.72. The van der Waals surface area contributed by atoms with Gasteiger partial charge in [-0.05, 0) is 36.8 Å². The molecule has 0 aromatic heterocycles. The molecule has 0 heterocycles. The van der Waals surface area contributed by atoms with Crippen molar-refractivity contribution in [1.82, 2.24) is 5.43 Å². The summed E-state index contributed by atoms with van der Waals surface area (Å²) in [7, 11) is 0. The van der Waals surface area contributed by atoms with E-state index in [1.165, 1.54) is 12.3 Å². The molecular weight excluding hydrogens is 357 g/mol. The van der Waals surface area contributed by atoms with E-state index in [1.54, 1.807) is 35.8 Å². The number of ether oxygens (including phenoxy) is 1. The van der Waals surface area contributed by atoms with Crippen LogP contribution in [0.4, 0.5) is 13.2 Å². The van der Waals surface area contributed by atoms with Gasteiger partial charge in [-0.2, -0.15) is 18.3 Å². The number of nitrogens with zero attached hydrogens (tertiary/aromatic N) is 2. The third-order valence-electron chi connectivity index (χ3n) is 2.75. The van der Waals surface area contributed by atoms with Gasteiger partial charge in [0.2, 0.25) is 5.84 Å². The number of aliphatic imine (C=N–C) groups is 1. The van der Waals surface area contributed by atoms with Crippen molar-refractivity contribution in [2.45, 2.75) is 13.1 Å². The molecule has 0 aliphatic rings. The molecule has 0 spiro atoms. The lowest BCUT2D eigenvalue weighted by molar-refractivity contribution is -0.0617. The first-order chi connectivity index (χ1) is 13.0. The topological polar surface area (TPSA) is 69.8 Å². The van der Waals surface area contributed by atoms with Crippen LogP contribution in [0.1, 0.15) is 12.5 Å². The summed E-state index contributed by atoms with van der Waals surface area (Å²) in [4.78, 5) is 3.33. The lowest BCUT2D eigenvalue weighted by Gasteiger charge is -2.07. The molecule has 8 heteroatoms. The summed E-state index contributed by atoms with van der Waals surface area (Å²) >= 11 is 0. The Balaban J connectivity index is 2.69. The van der Waals surface area contributed by atoms with Crippen LogP contribution in [0.15, 0.2) is 77.2 Å². The number of amidine groups is 1. The van der Waals surface area contributed by atoms with Gasteiger partial charge >= 0.3 is 6.18 Å². The molecule has 0 aliphatic heterocycles. The maximum atomic E-state index is 12.8. The molecule has 1 aromatic rings. The summed E-state index contributed by atoms with van der Waals surface area (Å²) in [5.74, 6) is -0.696. The van der Waals surface area contributed by atoms with Crippen molar-refractivity contribution in [3.8, 4) is 5.75 Å². The quantitative estimate of drug-likeness (QED) is 0.223. The predicted octanol–water partition coefficient (Wildman–Crippen LogP) is 4.87. The van der Waals surface area contributed by atoms with Gasteiger partial charge in [-0.3, -0.25) is 5.43 Å². The number of rotatable bonds is 8. The van der Waals surface area contributed by atoms with Crippen molar-refractivity contribution in [3.63, 3.8) is 0 Å².